The Morgan fingerprint density at radius 2 is 1.93 bits per heavy atom. The van der Waals surface area contributed by atoms with E-state index < -0.39 is 0 Å². The standard InChI is InChI=1S/C13H18O2/c1-15-13(14)12-9-5-3-7-10-6-2-4-8-11(10)12/h8-10H,2-7H2,1H3. The highest BCUT2D eigenvalue weighted by Gasteiger charge is 2.26. The van der Waals surface area contributed by atoms with E-state index in [1.807, 2.05) is 0 Å². The molecule has 2 aliphatic rings. The van der Waals surface area contributed by atoms with Crippen molar-refractivity contribution >= 4 is 5.97 Å². The van der Waals surface area contributed by atoms with Crippen LogP contribution in [-0.4, -0.2) is 13.1 Å². The molecular formula is C13H18O2. The number of allylic oxidation sites excluding steroid dienone is 2. The highest BCUT2D eigenvalue weighted by atomic mass is 16.5. The molecule has 2 heteroatoms. The summed E-state index contributed by atoms with van der Waals surface area (Å²) < 4.78 is 4.85. The minimum absolute atomic E-state index is 0.157. The Bertz CT molecular complexity index is 312. The average Bonchev–Trinajstić information content (AvgIpc) is 2.50. The van der Waals surface area contributed by atoms with Crippen molar-refractivity contribution in [3.8, 4) is 0 Å². The maximum atomic E-state index is 11.6. The van der Waals surface area contributed by atoms with Gasteiger partial charge < -0.3 is 4.74 Å². The first-order valence-electron chi connectivity index (χ1n) is 5.82. The molecule has 2 nitrogen and oxygen atoms in total. The van der Waals surface area contributed by atoms with Crippen molar-refractivity contribution in [3.63, 3.8) is 0 Å². The molecule has 0 aromatic carbocycles. The van der Waals surface area contributed by atoms with Crippen LogP contribution in [0.25, 0.3) is 0 Å². The summed E-state index contributed by atoms with van der Waals surface area (Å²) in [5.41, 5.74) is 2.09. The molecule has 0 radical (unpaired) electrons. The minimum Gasteiger partial charge on any atom is -0.465 e. The first-order valence-corrected chi connectivity index (χ1v) is 5.82. The minimum atomic E-state index is -0.157. The smallest absolute Gasteiger partial charge is 0.337 e. The van der Waals surface area contributed by atoms with Crippen molar-refractivity contribution in [3.05, 3.63) is 23.3 Å². The number of ether oxygens (including phenoxy) is 1. The number of esters is 1. The van der Waals surface area contributed by atoms with Gasteiger partial charge in [0.15, 0.2) is 0 Å². The number of hydrogen-bond donors (Lipinski definition) is 0. The Morgan fingerprint density at radius 3 is 2.60 bits per heavy atom. The van der Waals surface area contributed by atoms with E-state index in [1.165, 1.54) is 38.4 Å². The van der Waals surface area contributed by atoms with Gasteiger partial charge in [0.2, 0.25) is 0 Å². The van der Waals surface area contributed by atoms with Gasteiger partial charge in [0.05, 0.1) is 12.7 Å². The van der Waals surface area contributed by atoms with E-state index >= 15 is 0 Å². The third-order valence-corrected chi connectivity index (χ3v) is 3.38. The lowest BCUT2D eigenvalue weighted by Crippen LogP contribution is -2.15. The molecule has 0 saturated heterocycles. The van der Waals surface area contributed by atoms with Gasteiger partial charge in [0.1, 0.15) is 0 Å². The van der Waals surface area contributed by atoms with Crippen LogP contribution in [0.15, 0.2) is 23.3 Å². The third kappa shape index (κ3) is 2.14. The van der Waals surface area contributed by atoms with Gasteiger partial charge in [0.25, 0.3) is 0 Å². The van der Waals surface area contributed by atoms with Gasteiger partial charge in [-0.15, -0.1) is 0 Å². The molecule has 2 rings (SSSR count). The summed E-state index contributed by atoms with van der Waals surface area (Å²) in [6.45, 7) is 0. The number of fused-ring (bicyclic) bond motifs is 1. The van der Waals surface area contributed by atoms with E-state index in [-0.39, 0.29) is 5.97 Å². The fraction of sp³-hybridized carbons (Fsp3) is 0.615. The topological polar surface area (TPSA) is 26.3 Å². The van der Waals surface area contributed by atoms with Crippen LogP contribution in [0.4, 0.5) is 0 Å². The fourth-order valence-corrected chi connectivity index (χ4v) is 2.61. The van der Waals surface area contributed by atoms with Gasteiger partial charge >= 0.3 is 5.97 Å². The summed E-state index contributed by atoms with van der Waals surface area (Å²) in [7, 11) is 1.46. The van der Waals surface area contributed by atoms with Crippen LogP contribution in [0.5, 0.6) is 0 Å². The monoisotopic (exact) mass is 206 g/mol. The van der Waals surface area contributed by atoms with Crippen molar-refractivity contribution in [1.29, 1.82) is 0 Å². The summed E-state index contributed by atoms with van der Waals surface area (Å²) in [4.78, 5) is 11.6. The molecule has 15 heavy (non-hydrogen) atoms. The molecule has 82 valence electrons. The zero-order chi connectivity index (χ0) is 10.7. The number of rotatable bonds is 1. The maximum Gasteiger partial charge on any atom is 0.337 e. The molecule has 0 aromatic rings. The fourth-order valence-electron chi connectivity index (χ4n) is 2.61. The molecule has 0 N–H and O–H groups in total. The summed E-state index contributed by atoms with van der Waals surface area (Å²) in [6, 6.07) is 0. The molecule has 0 bridgehead atoms. The number of carbonyl (C=O) groups excluding carboxylic acids is 1. The Hall–Kier alpha value is -1.05. The van der Waals surface area contributed by atoms with Crippen molar-refractivity contribution in [1.82, 2.24) is 0 Å². The van der Waals surface area contributed by atoms with E-state index in [2.05, 4.69) is 12.2 Å². The van der Waals surface area contributed by atoms with E-state index in [0.717, 1.165) is 18.4 Å². The molecular weight excluding hydrogens is 188 g/mol. The van der Waals surface area contributed by atoms with Crippen LogP contribution >= 0.6 is 0 Å². The molecule has 0 amide bonds. The van der Waals surface area contributed by atoms with E-state index in [1.54, 1.807) is 0 Å². The Labute approximate surface area is 91.0 Å². The number of carbonyl (C=O) groups is 1. The second-order valence-corrected chi connectivity index (χ2v) is 4.33. The zero-order valence-electron chi connectivity index (χ0n) is 9.29. The lowest BCUT2D eigenvalue weighted by Gasteiger charge is -2.23. The van der Waals surface area contributed by atoms with Gasteiger partial charge in [-0.25, -0.2) is 4.79 Å². The van der Waals surface area contributed by atoms with Crippen LogP contribution in [0, 0.1) is 5.92 Å². The molecule has 0 aromatic heterocycles. The normalized spacial score (nSPS) is 25.8. The zero-order valence-corrected chi connectivity index (χ0v) is 9.29. The predicted molar refractivity (Wildman–Crippen MR) is 59.4 cm³/mol. The average molecular weight is 206 g/mol. The van der Waals surface area contributed by atoms with Gasteiger partial charge in [-0.1, -0.05) is 12.2 Å². The molecule has 1 unspecified atom stereocenters. The van der Waals surface area contributed by atoms with Crippen LogP contribution < -0.4 is 0 Å². The van der Waals surface area contributed by atoms with Crippen LogP contribution in [0.2, 0.25) is 0 Å². The first-order chi connectivity index (χ1) is 7.33. The number of hydrogen-bond acceptors (Lipinski definition) is 2. The summed E-state index contributed by atoms with van der Waals surface area (Å²) in [6.07, 6.45) is 11.3. The SMILES string of the molecule is COC(=O)C1=CCCCC2CCCC=C12. The van der Waals surface area contributed by atoms with Crippen LogP contribution in [0.1, 0.15) is 38.5 Å². The maximum absolute atomic E-state index is 11.6. The summed E-state index contributed by atoms with van der Waals surface area (Å²) in [5, 5.41) is 0. The Balaban J connectivity index is 2.29. The van der Waals surface area contributed by atoms with Crippen LogP contribution in [0.3, 0.4) is 0 Å². The highest BCUT2D eigenvalue weighted by molar-refractivity contribution is 5.93. The third-order valence-electron chi connectivity index (χ3n) is 3.38. The first kappa shape index (κ1) is 10.5. The van der Waals surface area contributed by atoms with Crippen molar-refractivity contribution in [2.75, 3.05) is 7.11 Å². The largest absolute Gasteiger partial charge is 0.465 e. The molecule has 0 heterocycles. The van der Waals surface area contributed by atoms with Crippen molar-refractivity contribution in [2.24, 2.45) is 5.92 Å². The van der Waals surface area contributed by atoms with E-state index in [9.17, 15) is 4.79 Å². The van der Waals surface area contributed by atoms with Gasteiger partial charge in [-0.3, -0.25) is 0 Å². The second kappa shape index (κ2) is 4.65. The molecule has 0 spiro atoms. The summed E-state index contributed by atoms with van der Waals surface area (Å²) in [5.74, 6) is 0.446. The van der Waals surface area contributed by atoms with Gasteiger partial charge in [0, 0.05) is 0 Å². The molecule has 2 aliphatic carbocycles. The Kier molecular flexibility index (Phi) is 3.24. The van der Waals surface area contributed by atoms with Crippen LogP contribution in [-0.2, 0) is 9.53 Å². The van der Waals surface area contributed by atoms with Crippen molar-refractivity contribution in [2.45, 2.75) is 38.5 Å². The number of methoxy groups -OCH3 is 1. The van der Waals surface area contributed by atoms with E-state index in [0.29, 0.717) is 5.92 Å². The van der Waals surface area contributed by atoms with Crippen molar-refractivity contribution < 1.29 is 9.53 Å². The molecule has 0 fully saturated rings. The quantitative estimate of drug-likeness (QED) is 0.616. The molecule has 0 saturated carbocycles. The Morgan fingerprint density at radius 1 is 1.27 bits per heavy atom. The van der Waals surface area contributed by atoms with E-state index in [4.69, 9.17) is 4.74 Å². The second-order valence-electron chi connectivity index (χ2n) is 4.33. The van der Waals surface area contributed by atoms with Gasteiger partial charge in [-0.2, -0.15) is 0 Å². The molecule has 0 aliphatic heterocycles. The summed E-state index contributed by atoms with van der Waals surface area (Å²) >= 11 is 0. The van der Waals surface area contributed by atoms with Gasteiger partial charge in [-0.05, 0) is 50.0 Å². The highest BCUT2D eigenvalue weighted by Crippen LogP contribution is 2.36. The lowest BCUT2D eigenvalue weighted by molar-refractivity contribution is -0.135. The predicted octanol–water partition coefficient (Wildman–Crippen LogP) is 3.00. The molecule has 1 atom stereocenters. The lowest BCUT2D eigenvalue weighted by atomic mass is 9.82.